The highest BCUT2D eigenvalue weighted by Gasteiger charge is 2.46. The van der Waals surface area contributed by atoms with Crippen molar-refractivity contribution >= 4 is 0 Å². The Labute approximate surface area is 109 Å². The summed E-state index contributed by atoms with van der Waals surface area (Å²) in [5, 5.41) is 11.0. The summed E-state index contributed by atoms with van der Waals surface area (Å²) in [5.74, 6) is 1.42. The first-order valence-corrected chi connectivity index (χ1v) is 7.23. The Bertz CT molecular complexity index is 405. The normalized spacial score (nSPS) is 40.2. The molecule has 0 bridgehead atoms. The van der Waals surface area contributed by atoms with Crippen LogP contribution in [0.5, 0.6) is 0 Å². The number of hydrogen-bond acceptors (Lipinski definition) is 2. The van der Waals surface area contributed by atoms with Gasteiger partial charge < -0.3 is 10.8 Å². The van der Waals surface area contributed by atoms with Crippen molar-refractivity contribution in [3.63, 3.8) is 0 Å². The van der Waals surface area contributed by atoms with E-state index >= 15 is 0 Å². The third-order valence-corrected chi connectivity index (χ3v) is 5.08. The molecule has 0 radical (unpaired) electrons. The molecule has 98 valence electrons. The van der Waals surface area contributed by atoms with E-state index in [4.69, 9.17) is 5.73 Å². The lowest BCUT2D eigenvalue weighted by atomic mass is 9.62. The molecule has 2 nitrogen and oxygen atoms in total. The number of aliphatic hydroxyl groups is 1. The quantitative estimate of drug-likeness (QED) is 0.799. The zero-order chi connectivity index (χ0) is 12.6. The van der Waals surface area contributed by atoms with Crippen molar-refractivity contribution in [2.75, 3.05) is 0 Å². The lowest BCUT2D eigenvalue weighted by Gasteiger charge is -2.47. The summed E-state index contributed by atoms with van der Waals surface area (Å²) in [6.07, 6.45) is 7.08. The van der Waals surface area contributed by atoms with Gasteiger partial charge in [0.1, 0.15) is 5.60 Å². The maximum atomic E-state index is 11.0. The largest absolute Gasteiger partial charge is 0.384 e. The molecule has 3 N–H and O–H groups in total. The van der Waals surface area contributed by atoms with Crippen LogP contribution in [0.3, 0.4) is 0 Å². The van der Waals surface area contributed by atoms with E-state index in [1.54, 1.807) is 0 Å². The van der Waals surface area contributed by atoms with Gasteiger partial charge in [-0.3, -0.25) is 0 Å². The third-order valence-electron chi connectivity index (χ3n) is 5.08. The van der Waals surface area contributed by atoms with Crippen LogP contribution in [0.4, 0.5) is 0 Å². The summed E-state index contributed by atoms with van der Waals surface area (Å²) in [6, 6.07) is 9.90. The van der Waals surface area contributed by atoms with Gasteiger partial charge in [-0.1, -0.05) is 56.0 Å². The molecule has 2 aliphatic rings. The average Bonchev–Trinajstić information content (AvgIpc) is 2.41. The molecule has 0 spiro atoms. The second kappa shape index (κ2) is 4.67. The van der Waals surface area contributed by atoms with E-state index in [9.17, 15) is 5.11 Å². The Morgan fingerprint density at radius 1 is 1.06 bits per heavy atom. The maximum Gasteiger partial charge on any atom is 0.105 e. The molecule has 1 aromatic rings. The van der Waals surface area contributed by atoms with Crippen molar-refractivity contribution in [3.8, 4) is 0 Å². The second-order valence-corrected chi connectivity index (χ2v) is 6.14. The van der Waals surface area contributed by atoms with Crippen LogP contribution in [0, 0.1) is 11.8 Å². The molecule has 2 aliphatic carbocycles. The smallest absolute Gasteiger partial charge is 0.105 e. The molecule has 4 atom stereocenters. The minimum Gasteiger partial charge on any atom is -0.384 e. The Balaban J connectivity index is 1.87. The molecule has 18 heavy (non-hydrogen) atoms. The minimum absolute atomic E-state index is 0.112. The third kappa shape index (κ3) is 1.98. The first-order valence-electron chi connectivity index (χ1n) is 7.23. The van der Waals surface area contributed by atoms with E-state index in [0.717, 1.165) is 24.3 Å². The summed E-state index contributed by atoms with van der Waals surface area (Å²) >= 11 is 0. The van der Waals surface area contributed by atoms with Crippen molar-refractivity contribution in [3.05, 3.63) is 35.9 Å². The Kier molecular flexibility index (Phi) is 3.16. The first kappa shape index (κ1) is 12.2. The highest BCUT2D eigenvalue weighted by atomic mass is 16.3. The Morgan fingerprint density at radius 2 is 1.72 bits per heavy atom. The summed E-state index contributed by atoms with van der Waals surface area (Å²) in [4.78, 5) is 0. The molecule has 0 aliphatic heterocycles. The first-order chi connectivity index (χ1) is 8.70. The molecule has 0 amide bonds. The molecule has 2 fully saturated rings. The fraction of sp³-hybridized carbons (Fsp3) is 0.625. The highest BCUT2D eigenvalue weighted by molar-refractivity contribution is 5.25. The Hall–Kier alpha value is -0.860. The predicted molar refractivity (Wildman–Crippen MR) is 73.0 cm³/mol. The van der Waals surface area contributed by atoms with Crippen LogP contribution in [-0.2, 0) is 5.60 Å². The van der Waals surface area contributed by atoms with E-state index in [2.05, 4.69) is 0 Å². The molecule has 2 saturated carbocycles. The standard InChI is InChI=1S/C16H23NO/c17-15-10-12-6-4-5-7-13(12)11-16(15,18)14-8-2-1-3-9-14/h1-3,8-9,12-13,15,18H,4-7,10-11,17H2/t12-,13-,15+,16+/m0/s1. The zero-order valence-corrected chi connectivity index (χ0v) is 10.9. The molecule has 0 heterocycles. The van der Waals surface area contributed by atoms with Gasteiger partial charge in [-0.15, -0.1) is 0 Å². The summed E-state index contributed by atoms with van der Waals surface area (Å²) in [6.45, 7) is 0. The van der Waals surface area contributed by atoms with Gasteiger partial charge in [-0.2, -0.15) is 0 Å². The van der Waals surface area contributed by atoms with Crippen molar-refractivity contribution < 1.29 is 5.11 Å². The number of benzene rings is 1. The number of hydrogen-bond donors (Lipinski definition) is 2. The van der Waals surface area contributed by atoms with Gasteiger partial charge in [0, 0.05) is 6.04 Å². The molecular weight excluding hydrogens is 222 g/mol. The van der Waals surface area contributed by atoms with Crippen LogP contribution in [0.1, 0.15) is 44.1 Å². The lowest BCUT2D eigenvalue weighted by molar-refractivity contribution is -0.0666. The summed E-state index contributed by atoms with van der Waals surface area (Å²) in [7, 11) is 0. The summed E-state index contributed by atoms with van der Waals surface area (Å²) in [5.41, 5.74) is 6.50. The van der Waals surface area contributed by atoms with Gasteiger partial charge in [-0.25, -0.2) is 0 Å². The van der Waals surface area contributed by atoms with Crippen LogP contribution in [0.15, 0.2) is 30.3 Å². The maximum absolute atomic E-state index is 11.0. The molecule has 1 aromatic carbocycles. The van der Waals surface area contributed by atoms with E-state index in [0.29, 0.717) is 5.92 Å². The van der Waals surface area contributed by atoms with Crippen molar-refractivity contribution in [2.24, 2.45) is 17.6 Å². The summed E-state index contributed by atoms with van der Waals surface area (Å²) < 4.78 is 0. The topological polar surface area (TPSA) is 46.2 Å². The van der Waals surface area contributed by atoms with Gasteiger partial charge in [0.05, 0.1) is 0 Å². The van der Waals surface area contributed by atoms with Crippen LogP contribution in [-0.4, -0.2) is 11.1 Å². The van der Waals surface area contributed by atoms with Gasteiger partial charge >= 0.3 is 0 Å². The zero-order valence-electron chi connectivity index (χ0n) is 10.9. The van der Waals surface area contributed by atoms with Crippen molar-refractivity contribution in [1.82, 2.24) is 0 Å². The van der Waals surface area contributed by atoms with E-state index in [1.807, 2.05) is 30.3 Å². The van der Waals surface area contributed by atoms with E-state index in [-0.39, 0.29) is 6.04 Å². The Morgan fingerprint density at radius 3 is 2.44 bits per heavy atom. The van der Waals surface area contributed by atoms with Gasteiger partial charge in [0.15, 0.2) is 0 Å². The minimum atomic E-state index is -0.806. The molecular formula is C16H23NO. The molecule has 0 aromatic heterocycles. The van der Waals surface area contributed by atoms with E-state index in [1.165, 1.54) is 25.7 Å². The van der Waals surface area contributed by atoms with Crippen molar-refractivity contribution in [2.45, 2.75) is 50.2 Å². The monoisotopic (exact) mass is 245 g/mol. The van der Waals surface area contributed by atoms with Crippen LogP contribution >= 0.6 is 0 Å². The van der Waals surface area contributed by atoms with Crippen LogP contribution < -0.4 is 5.73 Å². The van der Waals surface area contributed by atoms with E-state index < -0.39 is 5.60 Å². The predicted octanol–water partition coefficient (Wildman–Crippen LogP) is 2.80. The molecule has 3 rings (SSSR count). The van der Waals surface area contributed by atoms with Gasteiger partial charge in [0.25, 0.3) is 0 Å². The number of nitrogens with two attached hydrogens (primary N) is 1. The molecule has 0 saturated heterocycles. The second-order valence-electron chi connectivity index (χ2n) is 6.14. The highest BCUT2D eigenvalue weighted by Crippen LogP contribution is 2.47. The molecule has 2 heteroatoms. The fourth-order valence-electron chi connectivity index (χ4n) is 3.99. The molecule has 0 unspecified atom stereocenters. The van der Waals surface area contributed by atoms with Gasteiger partial charge in [-0.05, 0) is 30.2 Å². The number of rotatable bonds is 1. The lowest BCUT2D eigenvalue weighted by Crippen LogP contribution is -2.53. The van der Waals surface area contributed by atoms with Gasteiger partial charge in [0.2, 0.25) is 0 Å². The van der Waals surface area contributed by atoms with Crippen molar-refractivity contribution in [1.29, 1.82) is 0 Å². The average molecular weight is 245 g/mol. The SMILES string of the molecule is N[C@@H]1C[C@@H]2CCCC[C@H]2C[C@@]1(O)c1ccccc1. The fourth-order valence-corrected chi connectivity index (χ4v) is 3.99. The number of fused-ring (bicyclic) bond motifs is 1. The van der Waals surface area contributed by atoms with Crippen LogP contribution in [0.2, 0.25) is 0 Å². The van der Waals surface area contributed by atoms with Crippen LogP contribution in [0.25, 0.3) is 0 Å².